The van der Waals surface area contributed by atoms with E-state index in [9.17, 15) is 4.79 Å². The Morgan fingerprint density at radius 3 is 2.65 bits per heavy atom. The molecule has 3 aliphatic carbocycles. The molecule has 3 saturated carbocycles. The average Bonchev–Trinajstić information content (AvgIpc) is 2.97. The number of nitrogens with two attached hydrogens (primary N) is 1. The molecule has 3 fully saturated rings. The van der Waals surface area contributed by atoms with Crippen LogP contribution in [0.3, 0.4) is 0 Å². The van der Waals surface area contributed by atoms with Gasteiger partial charge >= 0.3 is 0 Å². The van der Waals surface area contributed by atoms with Crippen molar-refractivity contribution in [1.82, 2.24) is 5.32 Å². The van der Waals surface area contributed by atoms with E-state index in [2.05, 4.69) is 5.32 Å². The van der Waals surface area contributed by atoms with E-state index in [-0.39, 0.29) is 11.9 Å². The Morgan fingerprint density at radius 2 is 2.06 bits per heavy atom. The fraction of sp³-hybridized carbons (Fsp3) is 0.929. The first-order chi connectivity index (χ1) is 8.22. The van der Waals surface area contributed by atoms with Gasteiger partial charge in [-0.25, -0.2) is 0 Å². The largest absolute Gasteiger partial charge is 0.356 e. The molecule has 0 saturated heterocycles. The minimum atomic E-state index is 0.107. The molecule has 0 radical (unpaired) electrons. The van der Waals surface area contributed by atoms with Crippen LogP contribution in [0.15, 0.2) is 0 Å². The zero-order chi connectivity index (χ0) is 11.8. The summed E-state index contributed by atoms with van der Waals surface area (Å²) in [5.74, 6) is 3.43. The highest BCUT2D eigenvalue weighted by molar-refractivity contribution is 5.76. The number of rotatable bonds is 5. The number of hydrogen-bond acceptors (Lipinski definition) is 2. The predicted molar refractivity (Wildman–Crippen MR) is 67.3 cm³/mol. The molecule has 96 valence electrons. The van der Waals surface area contributed by atoms with Gasteiger partial charge in [0.25, 0.3) is 0 Å². The number of fused-ring (bicyclic) bond motifs is 2. The molecule has 0 aliphatic heterocycles. The molecule has 0 aromatic rings. The summed E-state index contributed by atoms with van der Waals surface area (Å²) in [6, 6.07) is 0.107. The van der Waals surface area contributed by atoms with Crippen LogP contribution in [0.25, 0.3) is 0 Å². The van der Waals surface area contributed by atoms with Crippen LogP contribution >= 0.6 is 0 Å². The summed E-state index contributed by atoms with van der Waals surface area (Å²) in [7, 11) is 0. The summed E-state index contributed by atoms with van der Waals surface area (Å²) in [4.78, 5) is 11.8. The number of carbonyl (C=O) groups is 1. The summed E-state index contributed by atoms with van der Waals surface area (Å²) in [5.41, 5.74) is 5.96. The molecule has 17 heavy (non-hydrogen) atoms. The summed E-state index contributed by atoms with van der Waals surface area (Å²) < 4.78 is 0. The third kappa shape index (κ3) is 2.65. The molecule has 2 bridgehead atoms. The summed E-state index contributed by atoms with van der Waals surface area (Å²) in [6.45, 7) is 0.900. The second-order valence-corrected chi connectivity index (χ2v) is 6.44. The molecule has 3 heteroatoms. The van der Waals surface area contributed by atoms with Gasteiger partial charge in [-0.1, -0.05) is 6.42 Å². The number of hydrogen-bond donors (Lipinski definition) is 2. The Bertz CT molecular complexity index is 301. The Balaban J connectivity index is 1.37. The molecule has 3 nitrogen and oxygen atoms in total. The zero-order valence-corrected chi connectivity index (χ0v) is 10.5. The average molecular weight is 236 g/mol. The van der Waals surface area contributed by atoms with Crippen molar-refractivity contribution < 1.29 is 4.79 Å². The van der Waals surface area contributed by atoms with Gasteiger partial charge in [0.05, 0.1) is 0 Å². The molecule has 3 N–H and O–H groups in total. The SMILES string of the molecule is NC(CC(=O)NCC1CC2CCC1C2)C1CC1. The molecule has 4 unspecified atom stereocenters. The number of amides is 1. The minimum Gasteiger partial charge on any atom is -0.356 e. The Labute approximate surface area is 104 Å². The van der Waals surface area contributed by atoms with Gasteiger partial charge in [-0.2, -0.15) is 0 Å². The van der Waals surface area contributed by atoms with Gasteiger partial charge in [0, 0.05) is 19.0 Å². The normalized spacial score (nSPS) is 37.1. The molecule has 3 aliphatic rings. The lowest BCUT2D eigenvalue weighted by Crippen LogP contribution is -2.36. The maximum Gasteiger partial charge on any atom is 0.221 e. The van der Waals surface area contributed by atoms with Crippen molar-refractivity contribution in [2.24, 2.45) is 29.4 Å². The van der Waals surface area contributed by atoms with Crippen molar-refractivity contribution in [1.29, 1.82) is 0 Å². The fourth-order valence-corrected chi connectivity index (χ4v) is 3.85. The third-order valence-corrected chi connectivity index (χ3v) is 5.09. The zero-order valence-electron chi connectivity index (χ0n) is 10.5. The quantitative estimate of drug-likeness (QED) is 0.763. The topological polar surface area (TPSA) is 55.1 Å². The molecule has 1 amide bonds. The van der Waals surface area contributed by atoms with Crippen molar-refractivity contribution in [2.45, 2.75) is 51.0 Å². The van der Waals surface area contributed by atoms with Crippen molar-refractivity contribution in [3.05, 3.63) is 0 Å². The summed E-state index contributed by atoms with van der Waals surface area (Å²) in [5, 5.41) is 3.10. The van der Waals surface area contributed by atoms with E-state index in [1.54, 1.807) is 0 Å². The second kappa shape index (κ2) is 4.60. The molecule has 3 rings (SSSR count). The molecule has 0 heterocycles. The van der Waals surface area contributed by atoms with Crippen LogP contribution in [-0.2, 0) is 4.79 Å². The van der Waals surface area contributed by atoms with Gasteiger partial charge in [0.2, 0.25) is 5.91 Å². The Hall–Kier alpha value is -0.570. The molecule has 4 atom stereocenters. The first-order valence-corrected chi connectivity index (χ1v) is 7.24. The van der Waals surface area contributed by atoms with Crippen molar-refractivity contribution in [2.75, 3.05) is 6.54 Å². The van der Waals surface area contributed by atoms with Crippen molar-refractivity contribution in [3.8, 4) is 0 Å². The van der Waals surface area contributed by atoms with Gasteiger partial charge < -0.3 is 11.1 Å². The number of carbonyl (C=O) groups excluding carboxylic acids is 1. The lowest BCUT2D eigenvalue weighted by molar-refractivity contribution is -0.121. The lowest BCUT2D eigenvalue weighted by Gasteiger charge is -2.22. The lowest BCUT2D eigenvalue weighted by atomic mass is 9.89. The highest BCUT2D eigenvalue weighted by Gasteiger charge is 2.39. The Kier molecular flexibility index (Phi) is 3.12. The van der Waals surface area contributed by atoms with E-state index in [4.69, 9.17) is 5.73 Å². The van der Waals surface area contributed by atoms with E-state index in [1.807, 2.05) is 0 Å². The van der Waals surface area contributed by atoms with Gasteiger partial charge in [-0.15, -0.1) is 0 Å². The van der Waals surface area contributed by atoms with E-state index < -0.39 is 0 Å². The van der Waals surface area contributed by atoms with E-state index in [0.29, 0.717) is 12.3 Å². The summed E-state index contributed by atoms with van der Waals surface area (Å²) >= 11 is 0. The summed E-state index contributed by atoms with van der Waals surface area (Å²) in [6.07, 6.45) is 8.57. The third-order valence-electron chi connectivity index (χ3n) is 5.09. The highest BCUT2D eigenvalue weighted by atomic mass is 16.1. The first kappa shape index (κ1) is 11.5. The molecular formula is C14H24N2O. The van der Waals surface area contributed by atoms with Crippen LogP contribution in [0, 0.1) is 23.7 Å². The predicted octanol–water partition coefficient (Wildman–Crippen LogP) is 1.67. The molecular weight excluding hydrogens is 212 g/mol. The van der Waals surface area contributed by atoms with Crippen LogP contribution in [-0.4, -0.2) is 18.5 Å². The fourth-order valence-electron chi connectivity index (χ4n) is 3.85. The maximum absolute atomic E-state index is 11.8. The second-order valence-electron chi connectivity index (χ2n) is 6.44. The molecule has 0 spiro atoms. The smallest absolute Gasteiger partial charge is 0.221 e. The van der Waals surface area contributed by atoms with Gasteiger partial charge in [-0.05, 0) is 55.8 Å². The van der Waals surface area contributed by atoms with Crippen LogP contribution in [0.5, 0.6) is 0 Å². The van der Waals surface area contributed by atoms with E-state index in [0.717, 1.165) is 24.3 Å². The van der Waals surface area contributed by atoms with Crippen LogP contribution in [0.4, 0.5) is 0 Å². The van der Waals surface area contributed by atoms with Crippen LogP contribution in [0.1, 0.15) is 44.9 Å². The van der Waals surface area contributed by atoms with Crippen LogP contribution in [0.2, 0.25) is 0 Å². The van der Waals surface area contributed by atoms with Crippen molar-refractivity contribution >= 4 is 5.91 Å². The van der Waals surface area contributed by atoms with E-state index >= 15 is 0 Å². The monoisotopic (exact) mass is 236 g/mol. The maximum atomic E-state index is 11.8. The van der Waals surface area contributed by atoms with Crippen molar-refractivity contribution in [3.63, 3.8) is 0 Å². The number of nitrogens with one attached hydrogen (secondary N) is 1. The Morgan fingerprint density at radius 1 is 1.24 bits per heavy atom. The van der Waals surface area contributed by atoms with Crippen LogP contribution < -0.4 is 11.1 Å². The first-order valence-electron chi connectivity index (χ1n) is 7.24. The highest BCUT2D eigenvalue weighted by Crippen LogP contribution is 2.47. The standard InChI is InChI=1S/C14H24N2O/c15-13(10-3-4-10)7-14(17)16-8-12-6-9-1-2-11(12)5-9/h9-13H,1-8,15H2,(H,16,17). The van der Waals surface area contributed by atoms with E-state index in [1.165, 1.54) is 38.5 Å². The van der Waals surface area contributed by atoms with Gasteiger partial charge in [-0.3, -0.25) is 4.79 Å². The van der Waals surface area contributed by atoms with Gasteiger partial charge in [0.1, 0.15) is 0 Å². The molecule has 0 aromatic carbocycles. The van der Waals surface area contributed by atoms with Gasteiger partial charge in [0.15, 0.2) is 0 Å². The molecule has 0 aromatic heterocycles. The minimum absolute atomic E-state index is 0.107.